The summed E-state index contributed by atoms with van der Waals surface area (Å²) in [5.41, 5.74) is 8.62. The molecule has 3 heterocycles. The molecule has 3 aromatic heterocycles. The summed E-state index contributed by atoms with van der Waals surface area (Å²) >= 11 is 0. The van der Waals surface area contributed by atoms with E-state index in [4.69, 9.17) is 5.73 Å². The van der Waals surface area contributed by atoms with E-state index in [2.05, 4.69) is 20.1 Å². The van der Waals surface area contributed by atoms with Gasteiger partial charge in [0, 0.05) is 24.0 Å². The predicted octanol–water partition coefficient (Wildman–Crippen LogP) is 2.72. The molecule has 0 aliphatic carbocycles. The highest BCUT2D eigenvalue weighted by Gasteiger charge is 2.20. The van der Waals surface area contributed by atoms with Crippen LogP contribution < -0.4 is 11.3 Å². The van der Waals surface area contributed by atoms with Gasteiger partial charge in [-0.25, -0.2) is 14.6 Å². The Morgan fingerprint density at radius 3 is 2.50 bits per heavy atom. The zero-order valence-electron chi connectivity index (χ0n) is 15.5. The van der Waals surface area contributed by atoms with Crippen molar-refractivity contribution in [2.24, 2.45) is 0 Å². The lowest BCUT2D eigenvalue weighted by Gasteiger charge is -2.16. The molecule has 1 aromatic carbocycles. The monoisotopic (exact) mass is 373 g/mol. The fourth-order valence-corrected chi connectivity index (χ4v) is 3.01. The van der Waals surface area contributed by atoms with Crippen molar-refractivity contribution in [2.75, 3.05) is 5.73 Å². The van der Waals surface area contributed by atoms with Crippen molar-refractivity contribution in [3.63, 3.8) is 0 Å². The standard InChI is InChI=1S/C20H19N7O/c1-13(2)27-16(28)9-8-15(25-27)17-18(14-6-4-3-5-7-14)23-20(21)24-19(17)26-11-10-22-12-26/h3-13H,1-2H3,(H2,21,23,24). The van der Waals surface area contributed by atoms with Crippen LogP contribution in [0.5, 0.6) is 0 Å². The van der Waals surface area contributed by atoms with Crippen LogP contribution in [-0.2, 0) is 0 Å². The van der Waals surface area contributed by atoms with Crippen molar-refractivity contribution in [1.29, 1.82) is 0 Å². The summed E-state index contributed by atoms with van der Waals surface area (Å²) in [6.45, 7) is 3.82. The number of hydrogen-bond acceptors (Lipinski definition) is 6. The van der Waals surface area contributed by atoms with E-state index in [1.54, 1.807) is 29.4 Å². The first-order valence-electron chi connectivity index (χ1n) is 8.86. The van der Waals surface area contributed by atoms with Crippen LogP contribution in [0.25, 0.3) is 28.3 Å². The van der Waals surface area contributed by atoms with Crippen LogP contribution in [0.2, 0.25) is 0 Å². The van der Waals surface area contributed by atoms with Gasteiger partial charge in [-0.2, -0.15) is 10.1 Å². The Bertz CT molecular complexity index is 1170. The molecule has 0 aliphatic heterocycles. The van der Waals surface area contributed by atoms with Crippen molar-refractivity contribution in [3.8, 4) is 28.3 Å². The minimum atomic E-state index is -0.166. The molecule has 0 bridgehead atoms. The molecule has 0 saturated heterocycles. The maximum atomic E-state index is 12.2. The van der Waals surface area contributed by atoms with Gasteiger partial charge in [-0.05, 0) is 19.9 Å². The van der Waals surface area contributed by atoms with Crippen LogP contribution >= 0.6 is 0 Å². The third kappa shape index (κ3) is 3.16. The summed E-state index contributed by atoms with van der Waals surface area (Å²) in [6, 6.07) is 12.8. The quantitative estimate of drug-likeness (QED) is 0.590. The van der Waals surface area contributed by atoms with E-state index in [0.717, 1.165) is 5.56 Å². The molecular formula is C20H19N7O. The molecule has 4 rings (SSSR count). The molecular weight excluding hydrogens is 354 g/mol. The zero-order chi connectivity index (χ0) is 19.7. The minimum absolute atomic E-state index is 0.0842. The molecule has 0 fully saturated rings. The lowest BCUT2D eigenvalue weighted by Crippen LogP contribution is -2.24. The largest absolute Gasteiger partial charge is 0.368 e. The number of anilines is 1. The first-order chi connectivity index (χ1) is 13.5. The molecule has 0 saturated carbocycles. The average Bonchev–Trinajstić information content (AvgIpc) is 3.23. The van der Waals surface area contributed by atoms with Gasteiger partial charge in [-0.1, -0.05) is 30.3 Å². The smallest absolute Gasteiger partial charge is 0.267 e. The first kappa shape index (κ1) is 17.6. The minimum Gasteiger partial charge on any atom is -0.368 e. The zero-order valence-corrected chi connectivity index (χ0v) is 15.5. The molecule has 8 nitrogen and oxygen atoms in total. The van der Waals surface area contributed by atoms with E-state index in [1.807, 2.05) is 44.2 Å². The number of nitrogens with zero attached hydrogens (tertiary/aromatic N) is 6. The summed E-state index contributed by atoms with van der Waals surface area (Å²) in [5.74, 6) is 0.689. The van der Waals surface area contributed by atoms with Gasteiger partial charge >= 0.3 is 0 Å². The molecule has 0 unspecified atom stereocenters. The lowest BCUT2D eigenvalue weighted by atomic mass is 10.0. The molecule has 0 spiro atoms. The highest BCUT2D eigenvalue weighted by atomic mass is 16.1. The second-order valence-corrected chi connectivity index (χ2v) is 6.56. The number of hydrogen-bond donors (Lipinski definition) is 1. The molecule has 4 aromatic rings. The van der Waals surface area contributed by atoms with Gasteiger partial charge in [-0.3, -0.25) is 9.36 Å². The molecule has 28 heavy (non-hydrogen) atoms. The van der Waals surface area contributed by atoms with E-state index in [1.165, 1.54) is 10.7 Å². The van der Waals surface area contributed by atoms with Crippen LogP contribution in [0.1, 0.15) is 19.9 Å². The van der Waals surface area contributed by atoms with Gasteiger partial charge in [0.25, 0.3) is 5.56 Å². The number of nitrogen functional groups attached to an aromatic ring is 1. The van der Waals surface area contributed by atoms with Gasteiger partial charge in [-0.15, -0.1) is 0 Å². The molecule has 0 amide bonds. The van der Waals surface area contributed by atoms with Crippen LogP contribution in [0.15, 0.2) is 66.0 Å². The third-order valence-electron chi connectivity index (χ3n) is 4.27. The van der Waals surface area contributed by atoms with Crippen LogP contribution in [0, 0.1) is 0 Å². The summed E-state index contributed by atoms with van der Waals surface area (Å²) in [5, 5.41) is 4.58. The SMILES string of the molecule is CC(C)n1nc(-c2c(-c3ccccc3)nc(N)nc2-n2ccnc2)ccc1=O. The van der Waals surface area contributed by atoms with Crippen molar-refractivity contribution < 1.29 is 0 Å². The van der Waals surface area contributed by atoms with Gasteiger partial charge < -0.3 is 5.73 Å². The van der Waals surface area contributed by atoms with E-state index >= 15 is 0 Å². The van der Waals surface area contributed by atoms with Crippen LogP contribution in [0.4, 0.5) is 5.95 Å². The van der Waals surface area contributed by atoms with Gasteiger partial charge in [0.1, 0.15) is 6.33 Å². The fourth-order valence-electron chi connectivity index (χ4n) is 3.01. The highest BCUT2D eigenvalue weighted by Crippen LogP contribution is 2.34. The Labute approximate surface area is 161 Å². The fraction of sp³-hybridized carbons (Fsp3) is 0.150. The average molecular weight is 373 g/mol. The Hall–Kier alpha value is -3.81. The second-order valence-electron chi connectivity index (χ2n) is 6.56. The van der Waals surface area contributed by atoms with E-state index in [0.29, 0.717) is 22.8 Å². The molecule has 0 atom stereocenters. The topological polar surface area (TPSA) is 105 Å². The number of rotatable bonds is 4. The normalized spacial score (nSPS) is 11.1. The number of aromatic nitrogens is 6. The van der Waals surface area contributed by atoms with Gasteiger partial charge in [0.15, 0.2) is 5.82 Å². The van der Waals surface area contributed by atoms with Crippen molar-refractivity contribution in [3.05, 3.63) is 71.5 Å². The second kappa shape index (κ2) is 7.07. The summed E-state index contributed by atoms with van der Waals surface area (Å²) in [7, 11) is 0. The van der Waals surface area contributed by atoms with E-state index < -0.39 is 0 Å². The summed E-state index contributed by atoms with van der Waals surface area (Å²) in [4.78, 5) is 25.2. The predicted molar refractivity (Wildman–Crippen MR) is 107 cm³/mol. The summed E-state index contributed by atoms with van der Waals surface area (Å²) < 4.78 is 3.20. The Kier molecular flexibility index (Phi) is 4.44. The van der Waals surface area contributed by atoms with Crippen molar-refractivity contribution in [2.45, 2.75) is 19.9 Å². The Morgan fingerprint density at radius 2 is 1.82 bits per heavy atom. The Morgan fingerprint density at radius 1 is 1.04 bits per heavy atom. The number of imidazole rings is 1. The van der Waals surface area contributed by atoms with Gasteiger partial charge in [0.05, 0.1) is 23.0 Å². The van der Waals surface area contributed by atoms with E-state index in [-0.39, 0.29) is 17.5 Å². The maximum Gasteiger partial charge on any atom is 0.267 e. The molecule has 2 N–H and O–H groups in total. The molecule has 140 valence electrons. The van der Waals surface area contributed by atoms with Crippen molar-refractivity contribution in [1.82, 2.24) is 29.3 Å². The van der Waals surface area contributed by atoms with Gasteiger partial charge in [0.2, 0.25) is 5.95 Å². The van der Waals surface area contributed by atoms with Crippen molar-refractivity contribution >= 4 is 5.95 Å². The van der Waals surface area contributed by atoms with E-state index in [9.17, 15) is 4.79 Å². The summed E-state index contributed by atoms with van der Waals surface area (Å²) in [6.07, 6.45) is 5.07. The molecule has 0 aliphatic rings. The van der Waals surface area contributed by atoms with Crippen LogP contribution in [0.3, 0.4) is 0 Å². The first-order valence-corrected chi connectivity index (χ1v) is 8.86. The Balaban J connectivity index is 2.07. The lowest BCUT2D eigenvalue weighted by molar-refractivity contribution is 0.505. The third-order valence-corrected chi connectivity index (χ3v) is 4.27. The molecule has 8 heteroatoms. The number of nitrogens with two attached hydrogens (primary N) is 1. The molecule has 0 radical (unpaired) electrons. The number of benzene rings is 1. The van der Waals surface area contributed by atoms with Crippen LogP contribution in [-0.4, -0.2) is 29.3 Å². The highest BCUT2D eigenvalue weighted by molar-refractivity contribution is 5.84. The maximum absolute atomic E-state index is 12.2.